The summed E-state index contributed by atoms with van der Waals surface area (Å²) >= 11 is 0. The fourth-order valence-corrected chi connectivity index (χ4v) is 1.88. The number of pyridine rings is 1. The number of rotatable bonds is 2. The van der Waals surface area contributed by atoms with E-state index in [9.17, 15) is 0 Å². The lowest BCUT2D eigenvalue weighted by atomic mass is 10.0. The van der Waals surface area contributed by atoms with E-state index in [2.05, 4.69) is 10.1 Å². The van der Waals surface area contributed by atoms with Gasteiger partial charge in [-0.3, -0.25) is 4.98 Å². The molecule has 2 heterocycles. The lowest BCUT2D eigenvalue weighted by molar-refractivity contribution is 0.381. The Morgan fingerprint density at radius 3 is 2.67 bits per heavy atom. The lowest BCUT2D eigenvalue weighted by Gasteiger charge is -2.00. The Balaban J connectivity index is 2.13. The van der Waals surface area contributed by atoms with Crippen molar-refractivity contribution in [1.29, 1.82) is 0 Å². The normalized spacial score (nSPS) is 15.5. The first-order valence-electron chi connectivity index (χ1n) is 5.23. The second-order valence-corrected chi connectivity index (χ2v) is 4.02. The van der Waals surface area contributed by atoms with Crippen LogP contribution in [0.25, 0.3) is 11.1 Å². The van der Waals surface area contributed by atoms with Crippen molar-refractivity contribution in [1.82, 2.24) is 10.1 Å². The van der Waals surface area contributed by atoms with E-state index in [1.807, 2.05) is 19.1 Å². The minimum Gasteiger partial charge on any atom is -0.360 e. The minimum absolute atomic E-state index is 0.592. The van der Waals surface area contributed by atoms with Gasteiger partial charge in [0.1, 0.15) is 5.76 Å². The summed E-state index contributed by atoms with van der Waals surface area (Å²) in [6.45, 7) is 1.99. The van der Waals surface area contributed by atoms with E-state index in [0.717, 1.165) is 17.0 Å². The third-order valence-corrected chi connectivity index (χ3v) is 2.81. The Morgan fingerprint density at radius 1 is 1.27 bits per heavy atom. The van der Waals surface area contributed by atoms with Crippen LogP contribution in [-0.4, -0.2) is 10.1 Å². The molecule has 2 aromatic heterocycles. The summed E-state index contributed by atoms with van der Waals surface area (Å²) in [7, 11) is 0. The van der Waals surface area contributed by atoms with Gasteiger partial charge in [0, 0.05) is 23.9 Å². The number of aromatic nitrogens is 2. The van der Waals surface area contributed by atoms with Crippen molar-refractivity contribution in [2.24, 2.45) is 0 Å². The van der Waals surface area contributed by atoms with E-state index in [0.29, 0.717) is 5.92 Å². The van der Waals surface area contributed by atoms with Crippen LogP contribution in [0.5, 0.6) is 0 Å². The average Bonchev–Trinajstić information content (AvgIpc) is 3.04. The molecule has 0 N–H and O–H groups in total. The monoisotopic (exact) mass is 200 g/mol. The van der Waals surface area contributed by atoms with Gasteiger partial charge in [-0.1, -0.05) is 5.16 Å². The highest BCUT2D eigenvalue weighted by Crippen LogP contribution is 2.45. The first-order valence-corrected chi connectivity index (χ1v) is 5.23. The fourth-order valence-electron chi connectivity index (χ4n) is 1.88. The number of aryl methyl sites for hydroxylation is 1. The third kappa shape index (κ3) is 1.44. The number of nitrogens with zero attached hydrogens (tertiary/aromatic N) is 2. The highest BCUT2D eigenvalue weighted by molar-refractivity contribution is 5.68. The molecule has 3 heteroatoms. The van der Waals surface area contributed by atoms with Crippen LogP contribution >= 0.6 is 0 Å². The van der Waals surface area contributed by atoms with Gasteiger partial charge in [-0.05, 0) is 37.5 Å². The molecule has 0 bridgehead atoms. The maximum absolute atomic E-state index is 5.40. The molecule has 0 amide bonds. The molecule has 0 atom stereocenters. The van der Waals surface area contributed by atoms with Gasteiger partial charge < -0.3 is 4.52 Å². The maximum Gasteiger partial charge on any atom is 0.147 e. The molecule has 3 rings (SSSR count). The van der Waals surface area contributed by atoms with Gasteiger partial charge in [-0.2, -0.15) is 0 Å². The Kier molecular flexibility index (Phi) is 1.84. The first-order chi connectivity index (χ1) is 7.36. The molecule has 0 radical (unpaired) electrons. The van der Waals surface area contributed by atoms with Crippen LogP contribution in [0.3, 0.4) is 0 Å². The van der Waals surface area contributed by atoms with Gasteiger partial charge in [-0.25, -0.2) is 0 Å². The summed E-state index contributed by atoms with van der Waals surface area (Å²) in [5.74, 6) is 1.65. The van der Waals surface area contributed by atoms with Crippen molar-refractivity contribution in [3.05, 3.63) is 36.0 Å². The van der Waals surface area contributed by atoms with Crippen LogP contribution in [0.4, 0.5) is 0 Å². The van der Waals surface area contributed by atoms with Crippen LogP contribution in [0, 0.1) is 6.92 Å². The number of hydrogen-bond acceptors (Lipinski definition) is 3. The minimum atomic E-state index is 0.592. The summed E-state index contributed by atoms with van der Waals surface area (Å²) in [5, 5.41) is 4.06. The van der Waals surface area contributed by atoms with Crippen molar-refractivity contribution in [2.75, 3.05) is 0 Å². The molecule has 0 aliphatic heterocycles. The van der Waals surface area contributed by atoms with Gasteiger partial charge in [0.05, 0.1) is 5.69 Å². The van der Waals surface area contributed by atoms with E-state index in [-0.39, 0.29) is 0 Å². The van der Waals surface area contributed by atoms with Crippen LogP contribution in [0.2, 0.25) is 0 Å². The van der Waals surface area contributed by atoms with Crippen LogP contribution in [-0.2, 0) is 0 Å². The van der Waals surface area contributed by atoms with Crippen LogP contribution in [0.15, 0.2) is 29.0 Å². The molecule has 1 saturated carbocycles. The molecule has 0 unspecified atom stereocenters. The summed E-state index contributed by atoms with van der Waals surface area (Å²) in [6, 6.07) is 4.01. The zero-order chi connectivity index (χ0) is 10.3. The highest BCUT2D eigenvalue weighted by Gasteiger charge is 2.31. The maximum atomic E-state index is 5.40. The molecule has 1 aliphatic rings. The molecule has 76 valence electrons. The molecular formula is C12H12N2O. The van der Waals surface area contributed by atoms with Gasteiger partial charge in [0.15, 0.2) is 0 Å². The predicted octanol–water partition coefficient (Wildman–Crippen LogP) is 2.92. The molecule has 1 fully saturated rings. The molecule has 0 saturated heterocycles. The van der Waals surface area contributed by atoms with E-state index in [4.69, 9.17) is 4.52 Å². The molecular weight excluding hydrogens is 188 g/mol. The van der Waals surface area contributed by atoms with Crippen LogP contribution < -0.4 is 0 Å². The second-order valence-electron chi connectivity index (χ2n) is 4.02. The Hall–Kier alpha value is -1.64. The van der Waals surface area contributed by atoms with E-state index in [1.54, 1.807) is 12.4 Å². The van der Waals surface area contributed by atoms with Gasteiger partial charge in [0.25, 0.3) is 0 Å². The first kappa shape index (κ1) is 8.65. The van der Waals surface area contributed by atoms with Crippen molar-refractivity contribution < 1.29 is 4.52 Å². The Labute approximate surface area is 88.1 Å². The van der Waals surface area contributed by atoms with Gasteiger partial charge >= 0.3 is 0 Å². The van der Waals surface area contributed by atoms with Crippen molar-refractivity contribution in [3.63, 3.8) is 0 Å². The summed E-state index contributed by atoms with van der Waals surface area (Å²) in [4.78, 5) is 4.02. The van der Waals surface area contributed by atoms with Gasteiger partial charge in [-0.15, -0.1) is 0 Å². The predicted molar refractivity (Wildman–Crippen MR) is 56.4 cm³/mol. The van der Waals surface area contributed by atoms with Crippen molar-refractivity contribution >= 4 is 0 Å². The van der Waals surface area contributed by atoms with Crippen molar-refractivity contribution in [3.8, 4) is 11.1 Å². The summed E-state index contributed by atoms with van der Waals surface area (Å²) < 4.78 is 5.40. The molecule has 2 aromatic rings. The molecule has 0 spiro atoms. The number of hydrogen-bond donors (Lipinski definition) is 0. The average molecular weight is 200 g/mol. The Morgan fingerprint density at radius 2 is 2.00 bits per heavy atom. The quantitative estimate of drug-likeness (QED) is 0.748. The summed E-state index contributed by atoms with van der Waals surface area (Å²) in [5.41, 5.74) is 3.30. The lowest BCUT2D eigenvalue weighted by Crippen LogP contribution is -1.84. The molecule has 15 heavy (non-hydrogen) atoms. The topological polar surface area (TPSA) is 38.9 Å². The summed E-state index contributed by atoms with van der Waals surface area (Å²) in [6.07, 6.45) is 6.07. The zero-order valence-electron chi connectivity index (χ0n) is 8.60. The fraction of sp³-hybridized carbons (Fsp3) is 0.333. The van der Waals surface area contributed by atoms with Crippen molar-refractivity contribution in [2.45, 2.75) is 25.7 Å². The van der Waals surface area contributed by atoms with E-state index >= 15 is 0 Å². The standard InChI is InChI=1S/C12H12N2O/c1-8-11(9-4-6-13-7-5-9)12(15-14-8)10-2-3-10/h4-7,10H,2-3H2,1H3. The smallest absolute Gasteiger partial charge is 0.147 e. The zero-order valence-corrected chi connectivity index (χ0v) is 8.60. The van der Waals surface area contributed by atoms with Gasteiger partial charge in [0.2, 0.25) is 0 Å². The highest BCUT2D eigenvalue weighted by atomic mass is 16.5. The molecule has 0 aromatic carbocycles. The van der Waals surface area contributed by atoms with E-state index < -0.39 is 0 Å². The second kappa shape index (κ2) is 3.19. The van der Waals surface area contributed by atoms with Crippen LogP contribution in [0.1, 0.15) is 30.2 Å². The van der Waals surface area contributed by atoms with E-state index in [1.165, 1.54) is 18.4 Å². The molecule has 3 nitrogen and oxygen atoms in total. The largest absolute Gasteiger partial charge is 0.360 e. The third-order valence-electron chi connectivity index (χ3n) is 2.81. The Bertz CT molecular complexity index is 472. The SMILES string of the molecule is Cc1noc(C2CC2)c1-c1ccncc1. The molecule has 1 aliphatic carbocycles.